The molecule has 0 heterocycles. The molecule has 0 amide bonds. The van der Waals surface area contributed by atoms with Crippen LogP contribution in [0.3, 0.4) is 0 Å². The second-order valence-corrected chi connectivity index (χ2v) is 19.0. The number of ketones is 1. The van der Waals surface area contributed by atoms with Gasteiger partial charge in [-0.25, -0.2) is 0 Å². The monoisotopic (exact) mass is 1020 g/mol. The third-order valence-corrected chi connectivity index (χ3v) is 13.8. The van der Waals surface area contributed by atoms with Gasteiger partial charge in [0.2, 0.25) is 0 Å². The second kappa shape index (κ2) is 26.1. The summed E-state index contributed by atoms with van der Waals surface area (Å²) < 4.78 is 6.57. The maximum atomic E-state index is 14.8. The Morgan fingerprint density at radius 2 is 1.09 bits per heavy atom. The molecule has 10 rings (SSSR count). The Kier molecular flexibility index (Phi) is 17.7. The average Bonchev–Trinajstić information content (AvgIpc) is 3.96. The molecule has 1 unspecified atom stereocenters. The molecule has 0 N–H and O–H groups in total. The van der Waals surface area contributed by atoms with E-state index in [0.29, 0.717) is 40.2 Å². The van der Waals surface area contributed by atoms with Crippen molar-refractivity contribution in [2.45, 2.75) is 20.3 Å². The topological polar surface area (TPSA) is 43.4 Å². The summed E-state index contributed by atoms with van der Waals surface area (Å²) in [5, 5.41) is 0. The van der Waals surface area contributed by atoms with Crippen LogP contribution in [0.5, 0.6) is 11.5 Å². The summed E-state index contributed by atoms with van der Waals surface area (Å²) in [6, 6.07) is 74.6. The Bertz CT molecular complexity index is 3800. The molecule has 0 saturated carbocycles. The molecule has 0 aromatic heterocycles. The molecular weight excluding hydrogens is 961 g/mol. The quantitative estimate of drug-likeness (QED) is 0.0338. The average molecular weight is 1020 g/mol. The van der Waals surface area contributed by atoms with E-state index >= 15 is 0 Å². The van der Waals surface area contributed by atoms with Crippen LogP contribution in [0.1, 0.15) is 63.4 Å². The van der Waals surface area contributed by atoms with Crippen LogP contribution in [-0.4, -0.2) is 12.1 Å². The van der Waals surface area contributed by atoms with Crippen molar-refractivity contribution >= 4 is 51.6 Å². The number of rotatable bonds is 15. The van der Waals surface area contributed by atoms with Crippen molar-refractivity contribution in [2.75, 3.05) is 0 Å². The fraction of sp³-hybridized carbons (Fsp3) is 0.0526. The maximum Gasteiger partial charge on any atom is 0.195 e. The first-order valence-corrected chi connectivity index (χ1v) is 26.4. The van der Waals surface area contributed by atoms with Crippen molar-refractivity contribution in [3.8, 4) is 23.3 Å². The molecule has 8 aromatic carbocycles. The lowest BCUT2D eigenvalue weighted by atomic mass is 9.81. The highest BCUT2D eigenvalue weighted by atomic mass is 16.5. The summed E-state index contributed by atoms with van der Waals surface area (Å²) in [7, 11) is 0. The molecule has 0 bridgehead atoms. The lowest BCUT2D eigenvalue weighted by molar-refractivity contribution is -0.110. The van der Waals surface area contributed by atoms with E-state index in [1.54, 1.807) is 12.2 Å². The minimum Gasteiger partial charge on any atom is -0.457 e. The summed E-state index contributed by atoms with van der Waals surface area (Å²) in [4.78, 5) is 28.4. The Labute approximate surface area is 466 Å². The van der Waals surface area contributed by atoms with Crippen LogP contribution in [0.2, 0.25) is 0 Å². The van der Waals surface area contributed by atoms with Gasteiger partial charge in [-0.05, 0) is 118 Å². The first-order valence-electron chi connectivity index (χ1n) is 26.4. The minimum absolute atomic E-state index is 0.0214. The minimum atomic E-state index is -0.0698. The van der Waals surface area contributed by atoms with E-state index in [0.717, 1.165) is 84.2 Å². The number of aldehydes is 1. The Morgan fingerprint density at radius 3 is 1.63 bits per heavy atom. The van der Waals surface area contributed by atoms with E-state index in [-0.39, 0.29) is 11.7 Å². The van der Waals surface area contributed by atoms with Gasteiger partial charge in [0.15, 0.2) is 12.1 Å². The van der Waals surface area contributed by atoms with Crippen LogP contribution in [0.25, 0.3) is 39.5 Å². The number of ether oxygens (including phenoxy) is 1. The summed E-state index contributed by atoms with van der Waals surface area (Å²) in [5.74, 6) is 7.92. The lowest BCUT2D eigenvalue weighted by Gasteiger charge is -2.22. The predicted octanol–water partition coefficient (Wildman–Crippen LogP) is 18.5. The number of hydrogen-bond acceptors (Lipinski definition) is 3. The molecule has 3 nitrogen and oxygen atoms in total. The summed E-state index contributed by atoms with van der Waals surface area (Å²) >= 11 is 0. The third-order valence-electron chi connectivity index (χ3n) is 13.8. The van der Waals surface area contributed by atoms with Gasteiger partial charge in [0.1, 0.15) is 11.5 Å². The van der Waals surface area contributed by atoms with Gasteiger partial charge < -0.3 is 4.74 Å². The molecule has 0 aliphatic heterocycles. The van der Waals surface area contributed by atoms with Crippen molar-refractivity contribution in [1.29, 1.82) is 0 Å². The molecule has 3 heteroatoms. The zero-order chi connectivity index (χ0) is 54.9. The number of benzene rings is 8. The molecule has 79 heavy (non-hydrogen) atoms. The van der Waals surface area contributed by atoms with Crippen molar-refractivity contribution in [3.05, 3.63) is 353 Å². The van der Waals surface area contributed by atoms with E-state index in [1.165, 1.54) is 5.56 Å². The molecule has 2 aliphatic rings. The SMILES string of the molecule is C=C/C=C(\C=C)C1=C(c2ccccc2)C(c2ccc(Oc3ccc(C(=C(/C=O)C4=CCC(C#Cc5ccccc5)C=C4)/C(=C(\C)c4ccccc4)c4ccccc4)cc3)cc2)=C(c2ccc(C)cc2)C1=O.C=Cc1ccccc1. The molecule has 2 aliphatic carbocycles. The molecular formula is C76H60O3. The van der Waals surface area contributed by atoms with Gasteiger partial charge in [0.25, 0.3) is 0 Å². The normalized spacial score (nSPS) is 14.6. The Morgan fingerprint density at radius 1 is 0.570 bits per heavy atom. The van der Waals surface area contributed by atoms with Crippen LogP contribution in [0.15, 0.2) is 303 Å². The fourth-order valence-electron chi connectivity index (χ4n) is 9.86. The summed E-state index contributed by atoms with van der Waals surface area (Å²) in [6.45, 7) is 15.8. The molecule has 8 aromatic rings. The van der Waals surface area contributed by atoms with Crippen LogP contribution in [-0.2, 0) is 9.59 Å². The molecule has 382 valence electrons. The number of allylic oxidation sites excluding steroid dienone is 16. The maximum absolute atomic E-state index is 14.8. The van der Waals surface area contributed by atoms with Crippen molar-refractivity contribution in [3.63, 3.8) is 0 Å². The van der Waals surface area contributed by atoms with Gasteiger partial charge >= 0.3 is 0 Å². The van der Waals surface area contributed by atoms with Crippen LogP contribution < -0.4 is 4.74 Å². The smallest absolute Gasteiger partial charge is 0.195 e. The van der Waals surface area contributed by atoms with Gasteiger partial charge in [-0.1, -0.05) is 268 Å². The highest BCUT2D eigenvalue weighted by Crippen LogP contribution is 2.49. The van der Waals surface area contributed by atoms with E-state index < -0.39 is 0 Å². The highest BCUT2D eigenvalue weighted by Gasteiger charge is 2.36. The van der Waals surface area contributed by atoms with Gasteiger partial charge in [-0.3, -0.25) is 9.59 Å². The standard InChI is InChI=1S/C68H52O3.C8H8/c1-5-19-51(6-2)66-64(55-26-17-10-18-27-55)65(67(68(66)70)58-34-28-47(3)29-35-58)57-40-44-60(45-41-57)71-59-42-38-56(39-43-59)63(62(54-24-15-9-16-25-54)48(4)52-22-13-8-14-23-52)61(46-69)53-36-32-50(33-37-53)31-30-49-20-11-7-12-21-49;1-2-8-6-4-3-5-7-8/h5-29,32,34-46,50H,1-2,33H2,3-4H3;2-7H,1H2/b51-19+,62-48+,63-61+;. The predicted molar refractivity (Wildman–Crippen MR) is 331 cm³/mol. The lowest BCUT2D eigenvalue weighted by Crippen LogP contribution is -2.05. The van der Waals surface area contributed by atoms with Gasteiger partial charge in [-0.15, -0.1) is 0 Å². The van der Waals surface area contributed by atoms with Gasteiger partial charge in [0.05, 0.1) is 0 Å². The molecule has 0 spiro atoms. The van der Waals surface area contributed by atoms with Crippen molar-refractivity contribution < 1.29 is 14.3 Å². The third kappa shape index (κ3) is 12.8. The number of carbonyl (C=O) groups is 2. The van der Waals surface area contributed by atoms with Crippen LogP contribution in [0.4, 0.5) is 0 Å². The number of aryl methyl sites for hydroxylation is 1. The highest BCUT2D eigenvalue weighted by molar-refractivity contribution is 6.48. The molecule has 0 fully saturated rings. The van der Waals surface area contributed by atoms with Crippen LogP contribution in [0, 0.1) is 24.7 Å². The molecule has 0 radical (unpaired) electrons. The molecule has 0 saturated heterocycles. The summed E-state index contributed by atoms with van der Waals surface area (Å²) in [5.41, 5.74) is 16.7. The van der Waals surface area contributed by atoms with Gasteiger partial charge in [0, 0.05) is 44.9 Å². The van der Waals surface area contributed by atoms with Crippen molar-refractivity contribution in [1.82, 2.24) is 0 Å². The second-order valence-electron chi connectivity index (χ2n) is 19.0. The number of carbonyl (C=O) groups excluding carboxylic acids is 2. The van der Waals surface area contributed by atoms with Gasteiger partial charge in [-0.2, -0.15) is 0 Å². The Hall–Kier alpha value is -10.1. The summed E-state index contributed by atoms with van der Waals surface area (Å²) in [6.07, 6.45) is 15.0. The number of Topliss-reactive ketones (excluding diaryl/α,β-unsaturated/α-hetero) is 1. The van der Waals surface area contributed by atoms with Crippen molar-refractivity contribution in [2.24, 2.45) is 5.92 Å². The van der Waals surface area contributed by atoms with E-state index in [1.807, 2.05) is 225 Å². The first-order chi connectivity index (χ1) is 38.8. The van der Waals surface area contributed by atoms with Crippen LogP contribution >= 0.6 is 0 Å². The zero-order valence-corrected chi connectivity index (χ0v) is 44.6. The van der Waals surface area contributed by atoms with E-state index in [9.17, 15) is 9.59 Å². The van der Waals surface area contributed by atoms with E-state index in [2.05, 4.69) is 74.9 Å². The number of hydrogen-bond donors (Lipinski definition) is 0. The Balaban J connectivity index is 0.000000869. The fourth-order valence-corrected chi connectivity index (χ4v) is 9.86. The largest absolute Gasteiger partial charge is 0.457 e. The first kappa shape index (κ1) is 53.7. The zero-order valence-electron chi connectivity index (χ0n) is 44.6. The molecule has 1 atom stereocenters. The van der Waals surface area contributed by atoms with E-state index in [4.69, 9.17) is 4.74 Å².